The molecule has 25 heavy (non-hydrogen) atoms. The van der Waals surface area contributed by atoms with Gasteiger partial charge in [-0.15, -0.1) is 11.3 Å². The predicted octanol–water partition coefficient (Wildman–Crippen LogP) is 3.45. The van der Waals surface area contributed by atoms with Gasteiger partial charge in [-0.25, -0.2) is 4.98 Å². The van der Waals surface area contributed by atoms with Gasteiger partial charge in [-0.05, 0) is 50.2 Å². The van der Waals surface area contributed by atoms with Gasteiger partial charge >= 0.3 is 0 Å². The van der Waals surface area contributed by atoms with Crippen LogP contribution in [0.5, 0.6) is 0 Å². The van der Waals surface area contributed by atoms with Crippen LogP contribution in [0, 0.1) is 0 Å². The van der Waals surface area contributed by atoms with Crippen LogP contribution in [-0.2, 0) is 17.6 Å². The zero-order chi connectivity index (χ0) is 17.2. The van der Waals surface area contributed by atoms with Crippen LogP contribution in [0.2, 0.25) is 0 Å². The molecule has 0 saturated carbocycles. The van der Waals surface area contributed by atoms with Crippen molar-refractivity contribution in [3.05, 3.63) is 22.2 Å². The van der Waals surface area contributed by atoms with Crippen LogP contribution in [0.25, 0.3) is 10.2 Å². The Morgan fingerprint density at radius 3 is 2.92 bits per heavy atom. The van der Waals surface area contributed by atoms with Crippen LogP contribution in [-0.4, -0.2) is 30.1 Å². The molecule has 0 bridgehead atoms. The van der Waals surface area contributed by atoms with E-state index in [2.05, 4.69) is 11.4 Å². The Morgan fingerprint density at radius 2 is 2.12 bits per heavy atom. The maximum Gasteiger partial charge on any atom is 0.263 e. The first kappa shape index (κ1) is 16.8. The fourth-order valence-electron chi connectivity index (χ4n) is 3.77. The van der Waals surface area contributed by atoms with Crippen molar-refractivity contribution in [2.75, 3.05) is 18.9 Å². The molecule has 0 radical (unpaired) electrons. The molecule has 1 unspecified atom stereocenters. The van der Waals surface area contributed by atoms with Crippen LogP contribution in [0.1, 0.15) is 59.5 Å². The van der Waals surface area contributed by atoms with E-state index in [1.165, 1.54) is 48.3 Å². The maximum absolute atomic E-state index is 12.6. The number of anilines is 1. The van der Waals surface area contributed by atoms with Gasteiger partial charge in [0.05, 0.1) is 11.8 Å². The largest absolute Gasteiger partial charge is 0.397 e. The van der Waals surface area contributed by atoms with E-state index in [9.17, 15) is 4.79 Å². The molecular formula is C19H25N3O2S. The Kier molecular flexibility index (Phi) is 4.90. The number of hydrogen-bond acceptors (Lipinski definition) is 5. The second-order valence-corrected chi connectivity index (χ2v) is 8.05. The summed E-state index contributed by atoms with van der Waals surface area (Å²) in [6.45, 7) is 1.34. The minimum atomic E-state index is -0.108. The van der Waals surface area contributed by atoms with Gasteiger partial charge in [0, 0.05) is 24.2 Å². The molecule has 1 aliphatic carbocycles. The first-order chi connectivity index (χ1) is 12.2. The number of nitrogen functional groups attached to an aromatic ring is 1. The molecular weight excluding hydrogens is 334 g/mol. The number of nitrogens with two attached hydrogens (primary N) is 1. The van der Waals surface area contributed by atoms with Crippen molar-refractivity contribution >= 4 is 33.1 Å². The molecule has 3 N–H and O–H groups in total. The number of amides is 1. The summed E-state index contributed by atoms with van der Waals surface area (Å²) in [6.07, 6.45) is 9.28. The van der Waals surface area contributed by atoms with Crippen LogP contribution in [0.4, 0.5) is 5.69 Å². The highest BCUT2D eigenvalue weighted by molar-refractivity contribution is 7.21. The first-order valence-electron chi connectivity index (χ1n) is 9.33. The SMILES string of the molecule is Nc1c(C(=O)NCC2CCCO2)sc2nc3c(cc12)CCCCCC3. The van der Waals surface area contributed by atoms with E-state index in [1.54, 1.807) is 0 Å². The molecule has 2 aliphatic rings. The number of nitrogens with zero attached hydrogens (tertiary/aromatic N) is 1. The number of hydrogen-bond donors (Lipinski definition) is 2. The van der Waals surface area contributed by atoms with E-state index >= 15 is 0 Å². The fourth-order valence-corrected chi connectivity index (χ4v) is 4.79. The third-order valence-corrected chi connectivity index (χ3v) is 6.33. The lowest BCUT2D eigenvalue weighted by molar-refractivity contribution is 0.0862. The number of aryl methyl sites for hydroxylation is 2. The summed E-state index contributed by atoms with van der Waals surface area (Å²) in [4.78, 5) is 18.9. The summed E-state index contributed by atoms with van der Waals surface area (Å²) in [5.74, 6) is -0.108. The minimum absolute atomic E-state index is 0.108. The topological polar surface area (TPSA) is 77.2 Å². The number of thiophene rings is 1. The zero-order valence-electron chi connectivity index (χ0n) is 14.5. The number of pyridine rings is 1. The van der Waals surface area contributed by atoms with Gasteiger partial charge in [0.15, 0.2) is 0 Å². The van der Waals surface area contributed by atoms with Crippen molar-refractivity contribution in [1.29, 1.82) is 0 Å². The Bertz CT molecular complexity index is 781. The smallest absolute Gasteiger partial charge is 0.263 e. The summed E-state index contributed by atoms with van der Waals surface area (Å²) < 4.78 is 5.56. The average molecular weight is 359 g/mol. The Labute approximate surface area is 152 Å². The Balaban J connectivity index is 1.58. The molecule has 5 nitrogen and oxygen atoms in total. The fraction of sp³-hybridized carbons (Fsp3) is 0.579. The number of rotatable bonds is 3. The number of carbonyl (C=O) groups excluding carboxylic acids is 1. The molecule has 1 fully saturated rings. The molecule has 2 aromatic heterocycles. The minimum Gasteiger partial charge on any atom is -0.397 e. The van der Waals surface area contributed by atoms with E-state index < -0.39 is 0 Å². The van der Waals surface area contributed by atoms with Gasteiger partial charge in [0.1, 0.15) is 9.71 Å². The van der Waals surface area contributed by atoms with Crippen LogP contribution in [0.3, 0.4) is 0 Å². The quantitative estimate of drug-likeness (QED) is 0.880. The highest BCUT2D eigenvalue weighted by Crippen LogP contribution is 2.35. The van der Waals surface area contributed by atoms with Crippen LogP contribution < -0.4 is 11.1 Å². The highest BCUT2D eigenvalue weighted by atomic mass is 32.1. The molecule has 1 atom stereocenters. The van der Waals surface area contributed by atoms with E-state index in [1.807, 2.05) is 0 Å². The molecule has 1 amide bonds. The Morgan fingerprint density at radius 1 is 1.28 bits per heavy atom. The van der Waals surface area contributed by atoms with Gasteiger partial charge < -0.3 is 15.8 Å². The summed E-state index contributed by atoms with van der Waals surface area (Å²) in [5, 5.41) is 3.91. The molecule has 2 aromatic rings. The molecule has 0 aromatic carbocycles. The zero-order valence-corrected chi connectivity index (χ0v) is 15.3. The van der Waals surface area contributed by atoms with Crippen molar-refractivity contribution in [2.24, 2.45) is 0 Å². The number of carbonyl (C=O) groups is 1. The summed E-state index contributed by atoms with van der Waals surface area (Å²) in [5.41, 5.74) is 9.38. The molecule has 0 spiro atoms. The van der Waals surface area contributed by atoms with Crippen molar-refractivity contribution in [1.82, 2.24) is 10.3 Å². The summed E-state index contributed by atoms with van der Waals surface area (Å²) in [6, 6.07) is 2.17. The van der Waals surface area contributed by atoms with Crippen LogP contribution >= 0.6 is 11.3 Å². The lowest BCUT2D eigenvalue weighted by Gasteiger charge is -2.12. The van der Waals surface area contributed by atoms with Crippen LogP contribution in [0.15, 0.2) is 6.07 Å². The number of fused-ring (bicyclic) bond motifs is 2. The van der Waals surface area contributed by atoms with Gasteiger partial charge in [-0.1, -0.05) is 12.8 Å². The Hall–Kier alpha value is -1.66. The van der Waals surface area contributed by atoms with E-state index in [0.29, 0.717) is 17.1 Å². The predicted molar refractivity (Wildman–Crippen MR) is 101 cm³/mol. The number of ether oxygens (including phenoxy) is 1. The van der Waals surface area contributed by atoms with Crippen molar-refractivity contribution in [3.63, 3.8) is 0 Å². The lowest BCUT2D eigenvalue weighted by atomic mass is 9.96. The van der Waals surface area contributed by atoms with E-state index in [4.69, 9.17) is 15.5 Å². The number of nitrogens with one attached hydrogen (secondary N) is 1. The maximum atomic E-state index is 12.6. The monoisotopic (exact) mass is 359 g/mol. The first-order valence-corrected chi connectivity index (χ1v) is 10.1. The number of aromatic nitrogens is 1. The normalized spacial score (nSPS) is 20.9. The second kappa shape index (κ2) is 7.30. The van der Waals surface area contributed by atoms with Gasteiger partial charge in [0.2, 0.25) is 0 Å². The molecule has 6 heteroatoms. The molecule has 3 heterocycles. The van der Waals surface area contributed by atoms with E-state index in [-0.39, 0.29) is 12.0 Å². The van der Waals surface area contributed by atoms with Crippen molar-refractivity contribution < 1.29 is 9.53 Å². The summed E-state index contributed by atoms with van der Waals surface area (Å²) >= 11 is 1.41. The van der Waals surface area contributed by atoms with Gasteiger partial charge in [0.25, 0.3) is 5.91 Å². The summed E-state index contributed by atoms with van der Waals surface area (Å²) in [7, 11) is 0. The van der Waals surface area contributed by atoms with E-state index in [0.717, 1.165) is 42.5 Å². The third-order valence-electron chi connectivity index (χ3n) is 5.22. The third kappa shape index (κ3) is 3.51. The van der Waals surface area contributed by atoms with Crippen molar-refractivity contribution in [3.8, 4) is 0 Å². The highest BCUT2D eigenvalue weighted by Gasteiger charge is 2.21. The van der Waals surface area contributed by atoms with Gasteiger partial charge in [-0.2, -0.15) is 0 Å². The molecule has 134 valence electrons. The average Bonchev–Trinajstić information content (AvgIpc) is 3.21. The standard InChI is InChI=1S/C19H25N3O2S/c20-16-14-10-12-6-3-1-2-4-8-15(12)22-19(14)25-17(16)18(23)21-11-13-7-5-9-24-13/h10,13H,1-9,11,20H2,(H,21,23). The van der Waals surface area contributed by atoms with Gasteiger partial charge in [-0.3, -0.25) is 4.79 Å². The second-order valence-electron chi connectivity index (χ2n) is 7.05. The van der Waals surface area contributed by atoms with Crippen molar-refractivity contribution in [2.45, 2.75) is 57.5 Å². The molecule has 1 aliphatic heterocycles. The molecule has 4 rings (SSSR count). The molecule has 1 saturated heterocycles. The lowest BCUT2D eigenvalue weighted by Crippen LogP contribution is -2.31.